The quantitative estimate of drug-likeness (QED) is 0.628. The first-order valence-corrected chi connectivity index (χ1v) is 10.1. The lowest BCUT2D eigenvalue weighted by atomic mass is 9.83. The van der Waals surface area contributed by atoms with Crippen molar-refractivity contribution in [2.24, 2.45) is 7.05 Å². The van der Waals surface area contributed by atoms with Gasteiger partial charge in [0.25, 0.3) is 5.56 Å². The maximum absolute atomic E-state index is 14.5. The molecule has 3 aromatic rings. The van der Waals surface area contributed by atoms with Gasteiger partial charge in [-0.25, -0.2) is 4.39 Å². The number of para-hydroxylation sites is 1. The lowest BCUT2D eigenvalue weighted by Crippen LogP contribution is -2.39. The van der Waals surface area contributed by atoms with Gasteiger partial charge in [0.15, 0.2) is 0 Å². The molecule has 0 aliphatic carbocycles. The van der Waals surface area contributed by atoms with Crippen molar-refractivity contribution in [1.29, 1.82) is 0 Å². The summed E-state index contributed by atoms with van der Waals surface area (Å²) in [5.41, 5.74) is 1.74. The fraction of sp³-hybridized carbons (Fsp3) is 0.375. The van der Waals surface area contributed by atoms with Gasteiger partial charge in [-0.15, -0.1) is 0 Å². The van der Waals surface area contributed by atoms with E-state index < -0.39 is 5.60 Å². The molecule has 0 unspecified atom stereocenters. The largest absolute Gasteiger partial charge is 0.489 e. The van der Waals surface area contributed by atoms with Crippen molar-refractivity contribution in [2.75, 3.05) is 13.7 Å². The zero-order valence-electron chi connectivity index (χ0n) is 17.5. The van der Waals surface area contributed by atoms with Crippen molar-refractivity contribution in [3.8, 4) is 5.75 Å². The average molecular weight is 411 g/mol. The molecular formula is C24H26FNO4. The second kappa shape index (κ2) is 8.20. The Morgan fingerprint density at radius 3 is 2.83 bits per heavy atom. The molecule has 1 fully saturated rings. The van der Waals surface area contributed by atoms with Crippen LogP contribution in [0.25, 0.3) is 10.9 Å². The number of hydrogen-bond acceptors (Lipinski definition) is 4. The molecule has 6 heteroatoms. The minimum absolute atomic E-state index is 0.0308. The first-order valence-electron chi connectivity index (χ1n) is 10.1. The van der Waals surface area contributed by atoms with E-state index in [9.17, 15) is 9.18 Å². The minimum atomic E-state index is -0.596. The fourth-order valence-corrected chi connectivity index (χ4v) is 4.34. The van der Waals surface area contributed by atoms with E-state index in [2.05, 4.69) is 0 Å². The highest BCUT2D eigenvalue weighted by atomic mass is 19.1. The Bertz CT molecular complexity index is 1130. The Morgan fingerprint density at radius 2 is 2.07 bits per heavy atom. The SMILES string of the molecule is CO[C@]1(c2cc(F)cc(OCc3cccc4ccc(=O)n(C)c34)c2)CCO[C@@H](C)C1. The summed E-state index contributed by atoms with van der Waals surface area (Å²) in [4.78, 5) is 12.1. The van der Waals surface area contributed by atoms with Crippen molar-refractivity contribution >= 4 is 10.9 Å². The van der Waals surface area contributed by atoms with Gasteiger partial charge in [0.2, 0.25) is 0 Å². The monoisotopic (exact) mass is 411 g/mol. The van der Waals surface area contributed by atoms with Crippen LogP contribution in [0.3, 0.4) is 0 Å². The number of halogens is 1. The molecule has 0 spiro atoms. The Morgan fingerprint density at radius 1 is 1.23 bits per heavy atom. The molecular weight excluding hydrogens is 385 g/mol. The smallest absolute Gasteiger partial charge is 0.250 e. The summed E-state index contributed by atoms with van der Waals surface area (Å²) in [6.45, 7) is 2.77. The average Bonchev–Trinajstić information content (AvgIpc) is 2.74. The van der Waals surface area contributed by atoms with E-state index in [1.54, 1.807) is 30.9 Å². The zero-order valence-corrected chi connectivity index (χ0v) is 17.5. The molecule has 5 nitrogen and oxygen atoms in total. The number of methoxy groups -OCH3 is 1. The molecule has 1 aromatic heterocycles. The third-order valence-electron chi connectivity index (χ3n) is 5.93. The van der Waals surface area contributed by atoms with Crippen LogP contribution in [0.1, 0.15) is 30.9 Å². The van der Waals surface area contributed by atoms with Crippen LogP contribution < -0.4 is 10.3 Å². The van der Waals surface area contributed by atoms with Crippen LogP contribution in [-0.2, 0) is 28.7 Å². The van der Waals surface area contributed by atoms with E-state index in [-0.39, 0.29) is 24.1 Å². The van der Waals surface area contributed by atoms with E-state index in [4.69, 9.17) is 14.2 Å². The van der Waals surface area contributed by atoms with E-state index in [1.807, 2.05) is 31.2 Å². The van der Waals surface area contributed by atoms with Crippen LogP contribution in [-0.4, -0.2) is 24.4 Å². The molecule has 30 heavy (non-hydrogen) atoms. The van der Waals surface area contributed by atoms with E-state index in [0.717, 1.165) is 22.0 Å². The first kappa shape index (κ1) is 20.6. The first-order chi connectivity index (χ1) is 14.4. The van der Waals surface area contributed by atoms with Gasteiger partial charge in [0.1, 0.15) is 18.2 Å². The lowest BCUT2D eigenvalue weighted by Gasteiger charge is -2.39. The second-order valence-electron chi connectivity index (χ2n) is 7.88. The summed E-state index contributed by atoms with van der Waals surface area (Å²) in [6.07, 6.45) is 1.34. The number of nitrogens with zero attached hydrogens (tertiary/aromatic N) is 1. The van der Waals surface area contributed by atoms with E-state index in [1.165, 1.54) is 12.1 Å². The second-order valence-corrected chi connectivity index (χ2v) is 7.88. The molecule has 1 aliphatic rings. The molecule has 158 valence electrons. The molecule has 0 bridgehead atoms. The number of aromatic nitrogens is 1. The zero-order chi connectivity index (χ0) is 21.3. The van der Waals surface area contributed by atoms with E-state index >= 15 is 0 Å². The van der Waals surface area contributed by atoms with Crippen molar-refractivity contribution < 1.29 is 18.6 Å². The Kier molecular flexibility index (Phi) is 5.62. The Balaban J connectivity index is 1.65. The van der Waals surface area contributed by atoms with Crippen molar-refractivity contribution in [2.45, 2.75) is 38.1 Å². The number of fused-ring (bicyclic) bond motifs is 1. The molecule has 0 amide bonds. The lowest BCUT2D eigenvalue weighted by molar-refractivity contribution is -0.122. The van der Waals surface area contributed by atoms with Gasteiger partial charge in [0, 0.05) is 44.7 Å². The number of aryl methyl sites for hydroxylation is 1. The summed E-state index contributed by atoms with van der Waals surface area (Å²) in [5.74, 6) is 0.0573. The minimum Gasteiger partial charge on any atom is -0.489 e. The third kappa shape index (κ3) is 3.85. The Labute approximate surface area is 175 Å². The third-order valence-corrected chi connectivity index (χ3v) is 5.93. The molecule has 0 N–H and O–H groups in total. The molecule has 2 aromatic carbocycles. The van der Waals surface area contributed by atoms with Gasteiger partial charge in [-0.1, -0.05) is 18.2 Å². The maximum atomic E-state index is 14.5. The molecule has 0 saturated carbocycles. The van der Waals surface area contributed by atoms with E-state index in [0.29, 0.717) is 25.2 Å². The normalized spacial score (nSPS) is 21.7. The number of benzene rings is 2. The summed E-state index contributed by atoms with van der Waals surface area (Å²) in [5, 5.41) is 0.952. The molecule has 2 atom stereocenters. The summed E-state index contributed by atoms with van der Waals surface area (Å²) in [7, 11) is 3.39. The molecule has 0 radical (unpaired) electrons. The summed E-state index contributed by atoms with van der Waals surface area (Å²) < 4.78 is 33.6. The Hall–Kier alpha value is -2.70. The molecule has 1 saturated heterocycles. The number of pyridine rings is 1. The van der Waals surface area contributed by atoms with Gasteiger partial charge in [-0.05, 0) is 36.1 Å². The van der Waals surface area contributed by atoms with Gasteiger partial charge < -0.3 is 18.8 Å². The van der Waals surface area contributed by atoms with Crippen molar-refractivity contribution in [1.82, 2.24) is 4.57 Å². The summed E-state index contributed by atoms with van der Waals surface area (Å²) in [6, 6.07) is 13.9. The van der Waals surface area contributed by atoms with Crippen LogP contribution in [0, 0.1) is 5.82 Å². The van der Waals surface area contributed by atoms with Gasteiger partial charge in [0.05, 0.1) is 23.8 Å². The molecule has 4 rings (SSSR count). The highest BCUT2D eigenvalue weighted by Crippen LogP contribution is 2.39. The van der Waals surface area contributed by atoms with Crippen LogP contribution in [0.4, 0.5) is 4.39 Å². The van der Waals surface area contributed by atoms with Crippen molar-refractivity contribution in [3.05, 3.63) is 75.8 Å². The van der Waals surface area contributed by atoms with Crippen LogP contribution in [0.5, 0.6) is 5.75 Å². The van der Waals surface area contributed by atoms with Crippen LogP contribution in [0.15, 0.2) is 53.3 Å². The van der Waals surface area contributed by atoms with Crippen molar-refractivity contribution in [3.63, 3.8) is 0 Å². The van der Waals surface area contributed by atoms with Gasteiger partial charge in [-0.3, -0.25) is 4.79 Å². The highest BCUT2D eigenvalue weighted by molar-refractivity contribution is 5.82. The van der Waals surface area contributed by atoms with Gasteiger partial charge >= 0.3 is 0 Å². The predicted molar refractivity (Wildman–Crippen MR) is 113 cm³/mol. The molecule has 1 aliphatic heterocycles. The number of hydrogen-bond donors (Lipinski definition) is 0. The number of rotatable bonds is 5. The highest BCUT2D eigenvalue weighted by Gasteiger charge is 2.38. The standard InChI is InChI=1S/C24H26FNO4/c1-16-14-24(28-3,9-10-29-16)19-11-20(25)13-21(12-19)30-15-18-6-4-5-17-7-8-22(27)26(2)23(17)18/h4-8,11-13,16H,9-10,14-15H2,1-3H3/t16-,24+/m0/s1. The van der Waals surface area contributed by atoms with Gasteiger partial charge in [-0.2, -0.15) is 0 Å². The fourth-order valence-electron chi connectivity index (χ4n) is 4.34. The topological polar surface area (TPSA) is 49.7 Å². The number of ether oxygens (including phenoxy) is 3. The molecule has 2 heterocycles. The predicted octanol–water partition coefficient (Wildman–Crippen LogP) is 4.30. The van der Waals surface area contributed by atoms with Crippen LogP contribution in [0.2, 0.25) is 0 Å². The van der Waals surface area contributed by atoms with Crippen LogP contribution >= 0.6 is 0 Å². The maximum Gasteiger partial charge on any atom is 0.250 e. The summed E-state index contributed by atoms with van der Waals surface area (Å²) >= 11 is 0.